The lowest BCUT2D eigenvalue weighted by Crippen LogP contribution is -2.22. The summed E-state index contributed by atoms with van der Waals surface area (Å²) in [5.74, 6) is 0.756. The Hall–Kier alpha value is -2.86. The monoisotopic (exact) mass is 383 g/mol. The van der Waals surface area contributed by atoms with E-state index in [1.165, 1.54) is 17.4 Å². The Kier molecular flexibility index (Phi) is 4.58. The molecular weight excluding hydrogens is 365 g/mol. The van der Waals surface area contributed by atoms with Crippen molar-refractivity contribution in [3.05, 3.63) is 64.1 Å². The van der Waals surface area contributed by atoms with Gasteiger partial charge < -0.3 is 14.8 Å². The van der Waals surface area contributed by atoms with Crippen LogP contribution in [0.15, 0.2) is 47.8 Å². The van der Waals surface area contributed by atoms with Crippen molar-refractivity contribution in [1.29, 1.82) is 0 Å². The van der Waals surface area contributed by atoms with Gasteiger partial charge in [-0.2, -0.15) is 0 Å². The molecule has 0 bridgehead atoms. The summed E-state index contributed by atoms with van der Waals surface area (Å²) in [6.45, 7) is 0. The Morgan fingerprint density at radius 3 is 2.59 bits per heavy atom. The predicted molar refractivity (Wildman–Crippen MR) is 104 cm³/mol. The molecule has 138 valence electrons. The van der Waals surface area contributed by atoms with Crippen LogP contribution in [-0.2, 0) is 4.79 Å². The number of hydrogen-bond donors (Lipinski definition) is 1. The van der Waals surface area contributed by atoms with E-state index in [1.807, 2.05) is 23.6 Å². The normalized spacial score (nSPS) is 15.8. The minimum atomic E-state index is -0.305. The molecule has 1 amide bonds. The number of anilines is 1. The lowest BCUT2D eigenvalue weighted by molar-refractivity contribution is -0.116. The van der Waals surface area contributed by atoms with E-state index < -0.39 is 0 Å². The number of rotatable bonds is 4. The van der Waals surface area contributed by atoms with Crippen LogP contribution < -0.4 is 14.8 Å². The molecule has 2 heterocycles. The molecule has 0 aliphatic carbocycles. The average molecular weight is 383 g/mol. The maximum atomic E-state index is 14.3. The maximum Gasteiger partial charge on any atom is 0.225 e. The van der Waals surface area contributed by atoms with Gasteiger partial charge >= 0.3 is 0 Å². The van der Waals surface area contributed by atoms with Gasteiger partial charge in [-0.15, -0.1) is 11.3 Å². The van der Waals surface area contributed by atoms with Crippen molar-refractivity contribution in [2.24, 2.45) is 0 Å². The Morgan fingerprint density at radius 1 is 1.07 bits per heavy atom. The van der Waals surface area contributed by atoms with Gasteiger partial charge in [-0.3, -0.25) is 4.79 Å². The van der Waals surface area contributed by atoms with E-state index >= 15 is 0 Å². The summed E-state index contributed by atoms with van der Waals surface area (Å²) >= 11 is 1.53. The first kappa shape index (κ1) is 17.5. The van der Waals surface area contributed by atoms with Gasteiger partial charge in [0.1, 0.15) is 5.82 Å². The minimum Gasteiger partial charge on any atom is -0.493 e. The van der Waals surface area contributed by atoms with E-state index in [9.17, 15) is 9.18 Å². The summed E-state index contributed by atoms with van der Waals surface area (Å²) in [6, 6.07) is 12.3. The van der Waals surface area contributed by atoms with Gasteiger partial charge in [-0.05, 0) is 23.8 Å². The van der Waals surface area contributed by atoms with Crippen molar-refractivity contribution >= 4 is 22.9 Å². The van der Waals surface area contributed by atoms with Crippen molar-refractivity contribution < 1.29 is 18.7 Å². The molecule has 0 unspecified atom stereocenters. The number of carbonyl (C=O) groups is 1. The number of benzene rings is 2. The number of thiophene rings is 1. The molecule has 0 radical (unpaired) electrons. The van der Waals surface area contributed by atoms with Crippen molar-refractivity contribution in [2.75, 3.05) is 19.5 Å². The van der Waals surface area contributed by atoms with Gasteiger partial charge in [-0.1, -0.05) is 24.3 Å². The molecule has 1 atom stereocenters. The fourth-order valence-electron chi connectivity index (χ4n) is 3.44. The largest absolute Gasteiger partial charge is 0.493 e. The SMILES string of the molecule is COc1ccc([C@@H]2CC(=O)Nc3c(-c4ccccc4F)csc32)cc1OC. The number of fused-ring (bicyclic) bond motifs is 1. The second kappa shape index (κ2) is 7.04. The van der Waals surface area contributed by atoms with Crippen LogP contribution in [0.3, 0.4) is 0 Å². The van der Waals surface area contributed by atoms with Crippen LogP contribution in [0, 0.1) is 5.82 Å². The standard InChI is InChI=1S/C21H18FNO3S/c1-25-17-8-7-12(9-18(17)26-2)14-10-19(24)23-20-15(11-27-21(14)20)13-5-3-4-6-16(13)22/h3-9,11,14H,10H2,1-2H3,(H,23,24)/t14-/m0/s1. The van der Waals surface area contributed by atoms with Crippen LogP contribution in [0.2, 0.25) is 0 Å². The Balaban J connectivity index is 1.81. The molecular formula is C21H18FNO3S. The van der Waals surface area contributed by atoms with Gasteiger partial charge in [0.2, 0.25) is 5.91 Å². The Bertz CT molecular complexity index is 1010. The quantitative estimate of drug-likeness (QED) is 0.686. The lowest BCUT2D eigenvalue weighted by atomic mass is 9.89. The van der Waals surface area contributed by atoms with Crippen LogP contribution >= 0.6 is 11.3 Å². The third-order valence-electron chi connectivity index (χ3n) is 4.76. The van der Waals surface area contributed by atoms with E-state index in [2.05, 4.69) is 5.32 Å². The third-order valence-corrected chi connectivity index (χ3v) is 5.86. The molecule has 1 aliphatic rings. The number of amides is 1. The summed E-state index contributed by atoms with van der Waals surface area (Å²) in [5, 5.41) is 4.84. The fourth-order valence-corrected chi connectivity index (χ4v) is 4.60. The summed E-state index contributed by atoms with van der Waals surface area (Å²) in [4.78, 5) is 13.4. The van der Waals surface area contributed by atoms with E-state index in [0.29, 0.717) is 34.7 Å². The van der Waals surface area contributed by atoms with Gasteiger partial charge in [0, 0.05) is 33.7 Å². The van der Waals surface area contributed by atoms with E-state index in [-0.39, 0.29) is 17.6 Å². The summed E-state index contributed by atoms with van der Waals surface area (Å²) in [6.07, 6.45) is 0.333. The van der Waals surface area contributed by atoms with E-state index in [0.717, 1.165) is 10.4 Å². The highest BCUT2D eigenvalue weighted by molar-refractivity contribution is 7.11. The van der Waals surface area contributed by atoms with Crippen LogP contribution in [0.25, 0.3) is 11.1 Å². The molecule has 4 nitrogen and oxygen atoms in total. The number of hydrogen-bond acceptors (Lipinski definition) is 4. The van der Waals surface area contributed by atoms with Gasteiger partial charge in [0.05, 0.1) is 19.9 Å². The van der Waals surface area contributed by atoms with Crippen LogP contribution in [0.1, 0.15) is 22.8 Å². The molecule has 6 heteroatoms. The fraction of sp³-hybridized carbons (Fsp3) is 0.190. The number of halogens is 1. The smallest absolute Gasteiger partial charge is 0.225 e. The number of ether oxygens (including phenoxy) is 2. The second-order valence-corrected chi connectivity index (χ2v) is 7.20. The van der Waals surface area contributed by atoms with Crippen molar-refractivity contribution in [3.8, 4) is 22.6 Å². The van der Waals surface area contributed by atoms with Crippen molar-refractivity contribution in [1.82, 2.24) is 0 Å². The Labute approximate surface area is 160 Å². The molecule has 1 N–H and O–H groups in total. The number of carbonyl (C=O) groups excluding carboxylic acids is 1. The molecule has 0 saturated carbocycles. The van der Waals surface area contributed by atoms with Gasteiger partial charge in [-0.25, -0.2) is 4.39 Å². The molecule has 2 aromatic carbocycles. The van der Waals surface area contributed by atoms with Crippen molar-refractivity contribution in [3.63, 3.8) is 0 Å². The first-order valence-corrected chi connectivity index (χ1v) is 9.38. The summed E-state index contributed by atoms with van der Waals surface area (Å²) in [5.41, 5.74) is 2.86. The summed E-state index contributed by atoms with van der Waals surface area (Å²) in [7, 11) is 3.17. The average Bonchev–Trinajstić information content (AvgIpc) is 3.10. The zero-order chi connectivity index (χ0) is 19.0. The molecule has 1 aliphatic heterocycles. The van der Waals surface area contributed by atoms with E-state index in [4.69, 9.17) is 9.47 Å². The molecule has 4 rings (SSSR count). The zero-order valence-electron chi connectivity index (χ0n) is 14.9. The minimum absolute atomic E-state index is 0.0849. The van der Waals surface area contributed by atoms with Crippen molar-refractivity contribution in [2.45, 2.75) is 12.3 Å². The Morgan fingerprint density at radius 2 is 1.85 bits per heavy atom. The third kappa shape index (κ3) is 3.06. The van der Waals surface area contributed by atoms with E-state index in [1.54, 1.807) is 32.4 Å². The first-order chi connectivity index (χ1) is 13.1. The first-order valence-electron chi connectivity index (χ1n) is 8.50. The van der Waals surface area contributed by atoms with Crippen LogP contribution in [-0.4, -0.2) is 20.1 Å². The lowest BCUT2D eigenvalue weighted by Gasteiger charge is -2.24. The maximum absolute atomic E-state index is 14.3. The van der Waals surface area contributed by atoms with Gasteiger partial charge in [0.25, 0.3) is 0 Å². The highest BCUT2D eigenvalue weighted by Crippen LogP contribution is 2.47. The number of methoxy groups -OCH3 is 2. The summed E-state index contributed by atoms with van der Waals surface area (Å²) < 4.78 is 25.0. The highest BCUT2D eigenvalue weighted by atomic mass is 32.1. The molecule has 27 heavy (non-hydrogen) atoms. The second-order valence-electron chi connectivity index (χ2n) is 6.29. The molecule has 0 fully saturated rings. The zero-order valence-corrected chi connectivity index (χ0v) is 15.7. The van der Waals surface area contributed by atoms with Crippen LogP contribution in [0.4, 0.5) is 10.1 Å². The molecule has 3 aromatic rings. The topological polar surface area (TPSA) is 47.6 Å². The predicted octanol–water partition coefficient (Wildman–Crippen LogP) is 5.05. The molecule has 1 aromatic heterocycles. The van der Waals surface area contributed by atoms with Crippen LogP contribution in [0.5, 0.6) is 11.5 Å². The molecule has 0 saturated heterocycles. The highest BCUT2D eigenvalue weighted by Gasteiger charge is 2.31. The number of nitrogens with one attached hydrogen (secondary N) is 1. The molecule has 0 spiro atoms. The van der Waals surface area contributed by atoms with Gasteiger partial charge in [0.15, 0.2) is 11.5 Å².